The zero-order chi connectivity index (χ0) is 14.3. The highest BCUT2D eigenvalue weighted by molar-refractivity contribution is 5.20. The average molecular weight is 283 g/mol. The molecule has 4 nitrogen and oxygen atoms in total. The van der Waals surface area contributed by atoms with Crippen LogP contribution < -0.4 is 0 Å². The van der Waals surface area contributed by atoms with Gasteiger partial charge in [0.25, 0.3) is 0 Å². The van der Waals surface area contributed by atoms with Crippen LogP contribution in [0.25, 0.3) is 0 Å². The van der Waals surface area contributed by atoms with Crippen molar-refractivity contribution in [2.24, 2.45) is 5.92 Å². The van der Waals surface area contributed by atoms with E-state index < -0.39 is 0 Å². The van der Waals surface area contributed by atoms with Crippen LogP contribution in [0.2, 0.25) is 0 Å². The number of aryl methyl sites for hydroxylation is 1. The van der Waals surface area contributed by atoms with Crippen LogP contribution in [-0.4, -0.2) is 28.1 Å². The predicted octanol–water partition coefficient (Wildman–Crippen LogP) is 2.93. The summed E-state index contributed by atoms with van der Waals surface area (Å²) in [6.07, 6.45) is 3.78. The molecule has 0 bridgehead atoms. The first-order valence-electron chi connectivity index (χ1n) is 7.83. The highest BCUT2D eigenvalue weighted by Crippen LogP contribution is 2.49. The van der Waals surface area contributed by atoms with Crippen LogP contribution in [0, 0.1) is 12.8 Å². The average Bonchev–Trinajstić information content (AvgIpc) is 3.14. The summed E-state index contributed by atoms with van der Waals surface area (Å²) in [4.78, 5) is 7.12. The lowest BCUT2D eigenvalue weighted by Gasteiger charge is -2.25. The molecular weight excluding hydrogens is 262 g/mol. The second-order valence-electron chi connectivity index (χ2n) is 6.54. The zero-order valence-corrected chi connectivity index (χ0v) is 12.5. The van der Waals surface area contributed by atoms with E-state index in [2.05, 4.69) is 45.4 Å². The van der Waals surface area contributed by atoms with Gasteiger partial charge in [-0.25, -0.2) is 0 Å². The van der Waals surface area contributed by atoms with Crippen LogP contribution in [0.5, 0.6) is 0 Å². The molecule has 110 valence electrons. The van der Waals surface area contributed by atoms with Gasteiger partial charge in [0, 0.05) is 26.6 Å². The van der Waals surface area contributed by atoms with Gasteiger partial charge in [-0.15, -0.1) is 0 Å². The molecule has 21 heavy (non-hydrogen) atoms. The van der Waals surface area contributed by atoms with E-state index in [1.807, 2.05) is 6.92 Å². The van der Waals surface area contributed by atoms with E-state index >= 15 is 0 Å². The van der Waals surface area contributed by atoms with Crippen molar-refractivity contribution in [3.8, 4) is 0 Å². The summed E-state index contributed by atoms with van der Waals surface area (Å²) in [6.45, 7) is 5.12. The van der Waals surface area contributed by atoms with Crippen molar-refractivity contribution >= 4 is 0 Å². The van der Waals surface area contributed by atoms with Crippen LogP contribution in [0.3, 0.4) is 0 Å². The minimum absolute atomic E-state index is 0.131. The summed E-state index contributed by atoms with van der Waals surface area (Å²) in [7, 11) is 0. The predicted molar refractivity (Wildman–Crippen MR) is 79.8 cm³/mol. The fraction of sp³-hybridized carbons (Fsp3) is 0.529. The number of benzene rings is 1. The second kappa shape index (κ2) is 4.95. The first kappa shape index (κ1) is 13.0. The molecule has 1 aliphatic carbocycles. The van der Waals surface area contributed by atoms with Gasteiger partial charge < -0.3 is 4.52 Å². The van der Waals surface area contributed by atoms with E-state index in [-0.39, 0.29) is 5.41 Å². The summed E-state index contributed by atoms with van der Waals surface area (Å²) in [5.74, 6) is 2.31. The lowest BCUT2D eigenvalue weighted by Crippen LogP contribution is -2.33. The molecule has 2 atom stereocenters. The van der Waals surface area contributed by atoms with E-state index in [0.29, 0.717) is 11.8 Å². The Labute approximate surface area is 125 Å². The molecule has 0 N–H and O–H groups in total. The molecule has 2 fully saturated rings. The van der Waals surface area contributed by atoms with E-state index in [9.17, 15) is 0 Å². The Hall–Kier alpha value is -1.68. The maximum atomic E-state index is 5.25. The molecule has 4 heteroatoms. The van der Waals surface area contributed by atoms with Crippen molar-refractivity contribution in [3.63, 3.8) is 0 Å². The first-order chi connectivity index (χ1) is 10.3. The van der Waals surface area contributed by atoms with Gasteiger partial charge in [0.2, 0.25) is 5.89 Å². The normalized spacial score (nSPS) is 28.9. The van der Waals surface area contributed by atoms with E-state index in [4.69, 9.17) is 4.52 Å². The molecule has 1 saturated carbocycles. The minimum atomic E-state index is 0.131. The van der Waals surface area contributed by atoms with E-state index in [1.165, 1.54) is 24.8 Å². The van der Waals surface area contributed by atoms with Crippen LogP contribution in [0.4, 0.5) is 0 Å². The van der Waals surface area contributed by atoms with Gasteiger partial charge in [-0.2, -0.15) is 4.98 Å². The quantitative estimate of drug-likeness (QED) is 0.868. The third-order valence-electron chi connectivity index (χ3n) is 5.16. The Morgan fingerprint density at radius 3 is 2.95 bits per heavy atom. The summed E-state index contributed by atoms with van der Waals surface area (Å²) in [5.41, 5.74) is 1.52. The highest BCUT2D eigenvalue weighted by Gasteiger charge is 2.53. The Morgan fingerprint density at radius 1 is 1.33 bits per heavy atom. The summed E-state index contributed by atoms with van der Waals surface area (Å²) in [6, 6.07) is 10.7. The minimum Gasteiger partial charge on any atom is -0.340 e. The van der Waals surface area contributed by atoms with Crippen molar-refractivity contribution in [2.45, 2.75) is 38.1 Å². The summed E-state index contributed by atoms with van der Waals surface area (Å²) >= 11 is 0. The third-order valence-corrected chi connectivity index (χ3v) is 5.16. The topological polar surface area (TPSA) is 42.2 Å². The van der Waals surface area contributed by atoms with Crippen LogP contribution in [0.1, 0.15) is 36.5 Å². The summed E-state index contributed by atoms with van der Waals surface area (Å²) < 4.78 is 5.25. The Balaban J connectivity index is 1.57. The fourth-order valence-corrected chi connectivity index (χ4v) is 4.22. The van der Waals surface area contributed by atoms with Crippen molar-refractivity contribution in [1.82, 2.24) is 15.0 Å². The molecule has 2 heterocycles. The van der Waals surface area contributed by atoms with Gasteiger partial charge >= 0.3 is 0 Å². The van der Waals surface area contributed by atoms with Gasteiger partial charge in [0.1, 0.15) is 0 Å². The van der Waals surface area contributed by atoms with Crippen LogP contribution >= 0.6 is 0 Å². The molecule has 2 aromatic rings. The van der Waals surface area contributed by atoms with Crippen molar-refractivity contribution in [3.05, 3.63) is 47.6 Å². The number of aromatic nitrogens is 2. The molecule has 0 radical (unpaired) electrons. The Kier molecular flexibility index (Phi) is 3.07. The molecule has 4 rings (SSSR count). The van der Waals surface area contributed by atoms with Gasteiger partial charge in [-0.3, -0.25) is 4.90 Å². The SMILES string of the molecule is Cc1nc([C@@]23CCC[C@@H]2CN(Cc2ccccc2)C3)no1. The number of hydrogen-bond donors (Lipinski definition) is 0. The van der Waals surface area contributed by atoms with Crippen molar-refractivity contribution in [1.29, 1.82) is 0 Å². The Bertz CT molecular complexity index is 624. The number of rotatable bonds is 3. The van der Waals surface area contributed by atoms with Gasteiger partial charge in [-0.05, 0) is 24.3 Å². The largest absolute Gasteiger partial charge is 0.340 e. The van der Waals surface area contributed by atoms with Crippen molar-refractivity contribution in [2.75, 3.05) is 13.1 Å². The molecule has 0 unspecified atom stereocenters. The molecule has 0 spiro atoms. The molecule has 1 aliphatic heterocycles. The number of nitrogens with zero attached hydrogens (tertiary/aromatic N) is 3. The monoisotopic (exact) mass is 283 g/mol. The van der Waals surface area contributed by atoms with Gasteiger partial charge in [0.05, 0.1) is 5.41 Å². The second-order valence-corrected chi connectivity index (χ2v) is 6.54. The number of hydrogen-bond acceptors (Lipinski definition) is 4. The van der Waals surface area contributed by atoms with E-state index in [1.54, 1.807) is 0 Å². The lowest BCUT2D eigenvalue weighted by molar-refractivity contribution is 0.286. The van der Waals surface area contributed by atoms with Crippen LogP contribution in [0.15, 0.2) is 34.9 Å². The van der Waals surface area contributed by atoms with E-state index in [0.717, 1.165) is 25.5 Å². The van der Waals surface area contributed by atoms with Crippen LogP contribution in [-0.2, 0) is 12.0 Å². The Morgan fingerprint density at radius 2 is 2.19 bits per heavy atom. The molecular formula is C17H21N3O. The summed E-state index contributed by atoms with van der Waals surface area (Å²) in [5, 5.41) is 4.26. The molecule has 2 aliphatic rings. The smallest absolute Gasteiger partial charge is 0.223 e. The molecule has 1 saturated heterocycles. The standard InChI is InChI=1S/C17H21N3O/c1-13-18-16(19-21-13)17-9-5-8-15(17)11-20(12-17)10-14-6-3-2-4-7-14/h2-4,6-7,15H,5,8-12H2,1H3/t15-,17-/m1/s1. The molecule has 0 amide bonds. The maximum absolute atomic E-state index is 5.25. The number of fused-ring (bicyclic) bond motifs is 1. The first-order valence-corrected chi connectivity index (χ1v) is 7.83. The number of likely N-dealkylation sites (tertiary alicyclic amines) is 1. The molecule has 1 aromatic carbocycles. The highest BCUT2D eigenvalue weighted by atomic mass is 16.5. The lowest BCUT2D eigenvalue weighted by atomic mass is 9.80. The fourth-order valence-electron chi connectivity index (χ4n) is 4.22. The van der Waals surface area contributed by atoms with Gasteiger partial charge in [-0.1, -0.05) is 41.9 Å². The zero-order valence-electron chi connectivity index (χ0n) is 12.5. The molecule has 1 aromatic heterocycles. The van der Waals surface area contributed by atoms with Gasteiger partial charge in [0.15, 0.2) is 5.82 Å². The maximum Gasteiger partial charge on any atom is 0.223 e. The third kappa shape index (κ3) is 2.18. The van der Waals surface area contributed by atoms with Crippen molar-refractivity contribution < 1.29 is 4.52 Å².